The minimum Gasteiger partial charge on any atom is -0.354 e. The van der Waals surface area contributed by atoms with Crippen LogP contribution in [0.4, 0.5) is 0 Å². The number of aromatic nitrogens is 3. The first-order valence-electron chi connectivity index (χ1n) is 3.86. The Bertz CT molecular complexity index is 394. The molecule has 0 aliphatic carbocycles. The molecule has 0 N–H and O–H groups in total. The Morgan fingerprint density at radius 2 is 2.25 bits per heavy atom. The van der Waals surface area contributed by atoms with Crippen molar-refractivity contribution in [3.63, 3.8) is 0 Å². The number of nitrogens with zero attached hydrogens (tertiary/aromatic N) is 3. The number of hydrogen-bond acceptors (Lipinski definition) is 4. The van der Waals surface area contributed by atoms with Gasteiger partial charge in [-0.25, -0.2) is 0 Å². The maximum absolute atomic E-state index is 5.06. The molecule has 0 atom stereocenters. The fourth-order valence-corrected chi connectivity index (χ4v) is 1.09. The van der Waals surface area contributed by atoms with Crippen LogP contribution in [-0.2, 0) is 0 Å². The summed E-state index contributed by atoms with van der Waals surface area (Å²) in [6.45, 7) is 4.10. The van der Waals surface area contributed by atoms with Crippen molar-refractivity contribution in [2.75, 3.05) is 0 Å². The van der Waals surface area contributed by atoms with E-state index in [0.717, 1.165) is 11.2 Å². The van der Waals surface area contributed by atoms with Crippen molar-refractivity contribution in [1.29, 1.82) is 0 Å². The highest BCUT2D eigenvalue weighted by Crippen LogP contribution is 2.21. The predicted octanol–water partition coefficient (Wildman–Crippen LogP) is 1.74. The Hall–Kier alpha value is -1.45. The maximum atomic E-state index is 5.06. The van der Waals surface area contributed by atoms with Gasteiger partial charge in [-0.3, -0.25) is 0 Å². The Morgan fingerprint density at radius 3 is 3.00 bits per heavy atom. The molecule has 12 heavy (non-hydrogen) atoms. The second-order valence-electron chi connectivity index (χ2n) is 2.97. The van der Waals surface area contributed by atoms with E-state index >= 15 is 0 Å². The molecule has 4 nitrogen and oxygen atoms in total. The Kier molecular flexibility index (Phi) is 1.53. The number of hydrogen-bond donors (Lipinski definition) is 0. The van der Waals surface area contributed by atoms with Crippen molar-refractivity contribution in [3.05, 3.63) is 18.0 Å². The van der Waals surface area contributed by atoms with Crippen LogP contribution in [-0.4, -0.2) is 15.4 Å². The molecule has 4 heteroatoms. The van der Waals surface area contributed by atoms with E-state index in [1.165, 1.54) is 0 Å². The van der Waals surface area contributed by atoms with E-state index in [-0.39, 0.29) is 0 Å². The largest absolute Gasteiger partial charge is 0.354 e. The Labute approximate surface area is 69.6 Å². The van der Waals surface area contributed by atoms with E-state index in [9.17, 15) is 0 Å². The molecule has 2 rings (SSSR count). The summed E-state index contributed by atoms with van der Waals surface area (Å²) >= 11 is 0. The van der Waals surface area contributed by atoms with Crippen LogP contribution in [0.2, 0.25) is 0 Å². The summed E-state index contributed by atoms with van der Waals surface area (Å²) in [7, 11) is 0. The van der Waals surface area contributed by atoms with Gasteiger partial charge in [0.25, 0.3) is 0 Å². The molecule has 0 aliphatic rings. The van der Waals surface area contributed by atoms with E-state index in [1.807, 2.05) is 13.8 Å². The standard InChI is InChI=1S/C8H9N3O/c1-5(2)7-8-6(12-11-7)3-4-9-10-8/h3-5H,1-2H3. The van der Waals surface area contributed by atoms with Crippen LogP contribution in [0.25, 0.3) is 11.1 Å². The quantitative estimate of drug-likeness (QED) is 0.642. The minimum absolute atomic E-state index is 0.322. The second kappa shape index (κ2) is 2.55. The first kappa shape index (κ1) is 7.21. The monoisotopic (exact) mass is 163 g/mol. The smallest absolute Gasteiger partial charge is 0.189 e. The van der Waals surface area contributed by atoms with Gasteiger partial charge in [0.1, 0.15) is 5.69 Å². The van der Waals surface area contributed by atoms with Crippen LogP contribution in [0.5, 0.6) is 0 Å². The highest BCUT2D eigenvalue weighted by Gasteiger charge is 2.11. The summed E-state index contributed by atoms with van der Waals surface area (Å²) in [5.74, 6) is 0.322. The zero-order valence-corrected chi connectivity index (χ0v) is 6.98. The summed E-state index contributed by atoms with van der Waals surface area (Å²) in [5, 5.41) is 11.7. The molecule has 2 aromatic heterocycles. The van der Waals surface area contributed by atoms with Gasteiger partial charge in [-0.15, -0.1) is 5.10 Å². The van der Waals surface area contributed by atoms with E-state index < -0.39 is 0 Å². The fraction of sp³-hybridized carbons (Fsp3) is 0.375. The lowest BCUT2D eigenvalue weighted by Crippen LogP contribution is -1.89. The first-order chi connectivity index (χ1) is 5.79. The van der Waals surface area contributed by atoms with Gasteiger partial charge in [-0.05, 0) is 0 Å². The third-order valence-corrected chi connectivity index (χ3v) is 1.72. The van der Waals surface area contributed by atoms with Crippen LogP contribution >= 0.6 is 0 Å². The third-order valence-electron chi connectivity index (χ3n) is 1.72. The zero-order valence-electron chi connectivity index (χ0n) is 6.98. The van der Waals surface area contributed by atoms with E-state index in [0.29, 0.717) is 11.5 Å². The molecule has 0 radical (unpaired) electrons. The third kappa shape index (κ3) is 0.958. The molecule has 0 saturated heterocycles. The van der Waals surface area contributed by atoms with E-state index in [2.05, 4.69) is 15.4 Å². The van der Waals surface area contributed by atoms with Crippen molar-refractivity contribution in [2.24, 2.45) is 0 Å². The van der Waals surface area contributed by atoms with Gasteiger partial charge in [0.15, 0.2) is 11.1 Å². The highest BCUT2D eigenvalue weighted by molar-refractivity contribution is 5.73. The normalized spacial score (nSPS) is 11.2. The van der Waals surface area contributed by atoms with Crippen molar-refractivity contribution in [3.8, 4) is 0 Å². The Morgan fingerprint density at radius 1 is 1.42 bits per heavy atom. The molecule has 0 fully saturated rings. The lowest BCUT2D eigenvalue weighted by atomic mass is 10.1. The SMILES string of the molecule is CC(C)c1noc2ccnnc12. The molecule has 0 amide bonds. The van der Waals surface area contributed by atoms with Gasteiger partial charge >= 0.3 is 0 Å². The van der Waals surface area contributed by atoms with E-state index in [4.69, 9.17) is 4.52 Å². The zero-order chi connectivity index (χ0) is 8.55. The van der Waals surface area contributed by atoms with E-state index in [1.54, 1.807) is 12.3 Å². The second-order valence-corrected chi connectivity index (χ2v) is 2.97. The highest BCUT2D eigenvalue weighted by atomic mass is 16.5. The van der Waals surface area contributed by atoms with Crippen LogP contribution in [0.15, 0.2) is 16.8 Å². The average molecular weight is 163 g/mol. The molecule has 2 heterocycles. The van der Waals surface area contributed by atoms with Gasteiger partial charge in [-0.2, -0.15) is 5.10 Å². The van der Waals surface area contributed by atoms with Crippen LogP contribution in [0, 0.1) is 0 Å². The van der Waals surface area contributed by atoms with Crippen molar-refractivity contribution in [1.82, 2.24) is 15.4 Å². The predicted molar refractivity (Wildman–Crippen MR) is 43.7 cm³/mol. The Balaban J connectivity index is 2.70. The summed E-state index contributed by atoms with van der Waals surface area (Å²) in [5.41, 5.74) is 2.35. The lowest BCUT2D eigenvalue weighted by molar-refractivity contribution is 0.441. The van der Waals surface area contributed by atoms with Crippen molar-refractivity contribution in [2.45, 2.75) is 19.8 Å². The van der Waals surface area contributed by atoms with Gasteiger partial charge in [0.05, 0.1) is 6.20 Å². The molecule has 0 bridgehead atoms. The van der Waals surface area contributed by atoms with Crippen LogP contribution in [0.1, 0.15) is 25.5 Å². The molecule has 0 saturated carbocycles. The summed E-state index contributed by atoms with van der Waals surface area (Å²) in [6, 6.07) is 1.77. The molecular weight excluding hydrogens is 154 g/mol. The average Bonchev–Trinajstić information content (AvgIpc) is 2.47. The van der Waals surface area contributed by atoms with Gasteiger partial charge in [0, 0.05) is 12.0 Å². The van der Waals surface area contributed by atoms with Crippen molar-refractivity contribution < 1.29 is 4.52 Å². The summed E-state index contributed by atoms with van der Waals surface area (Å²) in [6.07, 6.45) is 1.59. The summed E-state index contributed by atoms with van der Waals surface area (Å²) < 4.78 is 5.06. The molecule has 0 aromatic carbocycles. The van der Waals surface area contributed by atoms with Crippen molar-refractivity contribution >= 4 is 11.1 Å². The summed E-state index contributed by atoms with van der Waals surface area (Å²) in [4.78, 5) is 0. The molecule has 0 unspecified atom stereocenters. The topological polar surface area (TPSA) is 51.8 Å². The fourth-order valence-electron chi connectivity index (χ4n) is 1.09. The number of fused-ring (bicyclic) bond motifs is 1. The van der Waals surface area contributed by atoms with Crippen LogP contribution < -0.4 is 0 Å². The van der Waals surface area contributed by atoms with Crippen LogP contribution in [0.3, 0.4) is 0 Å². The maximum Gasteiger partial charge on any atom is 0.189 e. The molecule has 62 valence electrons. The van der Waals surface area contributed by atoms with Gasteiger partial charge in [-0.1, -0.05) is 19.0 Å². The lowest BCUT2D eigenvalue weighted by Gasteiger charge is -1.95. The van der Waals surface area contributed by atoms with Gasteiger partial charge in [0.2, 0.25) is 0 Å². The van der Waals surface area contributed by atoms with Gasteiger partial charge < -0.3 is 4.52 Å². The number of rotatable bonds is 1. The molecule has 2 aromatic rings. The molecule has 0 spiro atoms. The minimum atomic E-state index is 0.322. The first-order valence-corrected chi connectivity index (χ1v) is 3.86. The molecular formula is C8H9N3O. The molecule has 0 aliphatic heterocycles.